The maximum atomic E-state index is 13.4. The minimum absolute atomic E-state index is 0.0861. The predicted octanol–water partition coefficient (Wildman–Crippen LogP) is 4.40. The number of carbonyl (C=O) groups excluding carboxylic acids is 2. The first-order valence-electron chi connectivity index (χ1n) is 10.7. The summed E-state index contributed by atoms with van der Waals surface area (Å²) in [7, 11) is 0. The number of aryl methyl sites for hydroxylation is 1. The molecule has 2 aliphatic heterocycles. The van der Waals surface area contributed by atoms with Gasteiger partial charge in [0.05, 0.1) is 11.4 Å². The number of thioether (sulfide) groups is 1. The standard InChI is InChI=1S/C26H25N3O4S/c1-4-12-28(13-5-2)24(30)16-34-26-27-21(14-19-8-11-22-23(15-19)33-17-32-22)25(31)29(26)20-9-6-18(3)7-10-20/h4-11,14-15H,1-2,12-13,16-17H2,3H3/b21-14+. The summed E-state index contributed by atoms with van der Waals surface area (Å²) in [6, 6.07) is 13.1. The SMILES string of the molecule is C=CCN(CC=C)C(=O)CSC1=N/C(=C/c2ccc3c(c2)OCO3)C(=O)N1c1ccc(C)cc1. The van der Waals surface area contributed by atoms with Gasteiger partial charge in [-0.15, -0.1) is 13.2 Å². The third-order valence-corrected chi connectivity index (χ3v) is 6.12. The number of benzene rings is 2. The van der Waals surface area contributed by atoms with E-state index in [4.69, 9.17) is 9.47 Å². The molecule has 0 saturated carbocycles. The van der Waals surface area contributed by atoms with Gasteiger partial charge < -0.3 is 14.4 Å². The van der Waals surface area contributed by atoms with Crippen molar-refractivity contribution in [3.05, 3.63) is 84.6 Å². The first-order chi connectivity index (χ1) is 16.5. The lowest BCUT2D eigenvalue weighted by Crippen LogP contribution is -2.35. The van der Waals surface area contributed by atoms with Gasteiger partial charge in [0.1, 0.15) is 5.70 Å². The number of ether oxygens (including phenoxy) is 2. The van der Waals surface area contributed by atoms with Crippen LogP contribution in [0.3, 0.4) is 0 Å². The zero-order chi connectivity index (χ0) is 24.1. The van der Waals surface area contributed by atoms with Crippen molar-refractivity contribution in [1.29, 1.82) is 0 Å². The molecule has 0 saturated heterocycles. The molecule has 0 aliphatic carbocycles. The number of carbonyl (C=O) groups is 2. The molecule has 174 valence electrons. The van der Waals surface area contributed by atoms with E-state index in [-0.39, 0.29) is 30.1 Å². The third-order valence-electron chi connectivity index (χ3n) is 5.20. The Morgan fingerprint density at radius 1 is 1.12 bits per heavy atom. The van der Waals surface area contributed by atoms with Crippen LogP contribution < -0.4 is 14.4 Å². The van der Waals surface area contributed by atoms with E-state index >= 15 is 0 Å². The summed E-state index contributed by atoms with van der Waals surface area (Å²) in [4.78, 5) is 33.9. The molecular formula is C26H25N3O4S. The Balaban J connectivity index is 1.61. The van der Waals surface area contributed by atoms with Crippen molar-refractivity contribution in [1.82, 2.24) is 4.90 Å². The second-order valence-corrected chi connectivity index (χ2v) is 8.62. The van der Waals surface area contributed by atoms with E-state index < -0.39 is 0 Å². The summed E-state index contributed by atoms with van der Waals surface area (Å²) in [5.74, 6) is 1.09. The lowest BCUT2D eigenvalue weighted by molar-refractivity contribution is -0.127. The normalized spacial score (nSPS) is 15.4. The number of nitrogens with zero attached hydrogens (tertiary/aromatic N) is 3. The van der Waals surface area contributed by atoms with Crippen LogP contribution >= 0.6 is 11.8 Å². The van der Waals surface area contributed by atoms with Crippen LogP contribution in [-0.4, -0.2) is 47.5 Å². The maximum absolute atomic E-state index is 13.4. The fourth-order valence-corrected chi connectivity index (χ4v) is 4.40. The van der Waals surface area contributed by atoms with Crippen LogP contribution in [0.25, 0.3) is 6.08 Å². The van der Waals surface area contributed by atoms with Crippen LogP contribution in [0.4, 0.5) is 5.69 Å². The topological polar surface area (TPSA) is 71.4 Å². The fourth-order valence-electron chi connectivity index (χ4n) is 3.48. The van der Waals surface area contributed by atoms with Gasteiger partial charge in [-0.2, -0.15) is 0 Å². The summed E-state index contributed by atoms with van der Waals surface area (Å²) in [5, 5.41) is 0.450. The molecule has 2 heterocycles. The Morgan fingerprint density at radius 3 is 2.53 bits per heavy atom. The molecule has 2 amide bonds. The molecule has 0 atom stereocenters. The Morgan fingerprint density at radius 2 is 1.82 bits per heavy atom. The molecule has 2 aromatic carbocycles. The van der Waals surface area contributed by atoms with Crippen LogP contribution in [0, 0.1) is 6.92 Å². The Bertz CT molecular complexity index is 1180. The van der Waals surface area contributed by atoms with Gasteiger partial charge in [0.2, 0.25) is 12.7 Å². The largest absolute Gasteiger partial charge is 0.454 e. The molecule has 7 nitrogen and oxygen atoms in total. The van der Waals surface area contributed by atoms with Gasteiger partial charge in [-0.25, -0.2) is 4.99 Å². The Labute approximate surface area is 203 Å². The summed E-state index contributed by atoms with van der Waals surface area (Å²) in [5.41, 5.74) is 2.82. The van der Waals surface area contributed by atoms with Gasteiger partial charge in [-0.3, -0.25) is 14.5 Å². The predicted molar refractivity (Wildman–Crippen MR) is 136 cm³/mol. The van der Waals surface area contributed by atoms with Crippen molar-refractivity contribution < 1.29 is 19.1 Å². The summed E-state index contributed by atoms with van der Waals surface area (Å²) < 4.78 is 10.8. The number of amidine groups is 1. The van der Waals surface area contributed by atoms with E-state index in [0.717, 1.165) is 11.1 Å². The zero-order valence-corrected chi connectivity index (χ0v) is 19.7. The van der Waals surface area contributed by atoms with Crippen molar-refractivity contribution in [2.75, 3.05) is 30.5 Å². The average molecular weight is 476 g/mol. The monoisotopic (exact) mass is 475 g/mol. The minimum atomic E-state index is -0.259. The second-order valence-electron chi connectivity index (χ2n) is 7.68. The maximum Gasteiger partial charge on any atom is 0.283 e. The van der Waals surface area contributed by atoms with Gasteiger partial charge in [0.25, 0.3) is 5.91 Å². The van der Waals surface area contributed by atoms with E-state index in [2.05, 4.69) is 18.2 Å². The molecule has 2 aliphatic rings. The molecule has 0 aromatic heterocycles. The van der Waals surface area contributed by atoms with Crippen LogP contribution in [-0.2, 0) is 9.59 Å². The quantitative estimate of drug-likeness (QED) is 0.418. The lowest BCUT2D eigenvalue weighted by atomic mass is 10.1. The molecule has 0 unspecified atom stereocenters. The van der Waals surface area contributed by atoms with E-state index in [1.165, 1.54) is 11.8 Å². The van der Waals surface area contributed by atoms with Gasteiger partial charge in [0.15, 0.2) is 16.7 Å². The van der Waals surface area contributed by atoms with Crippen molar-refractivity contribution in [3.8, 4) is 11.5 Å². The molecule has 0 spiro atoms. The van der Waals surface area contributed by atoms with Crippen LogP contribution in [0.15, 0.2) is 78.5 Å². The first kappa shape index (κ1) is 23.4. The molecule has 0 fully saturated rings. The van der Waals surface area contributed by atoms with E-state index in [1.54, 1.807) is 34.1 Å². The lowest BCUT2D eigenvalue weighted by Gasteiger charge is -2.21. The highest BCUT2D eigenvalue weighted by molar-refractivity contribution is 8.14. The highest BCUT2D eigenvalue weighted by Crippen LogP contribution is 2.34. The van der Waals surface area contributed by atoms with Crippen molar-refractivity contribution >= 4 is 40.5 Å². The van der Waals surface area contributed by atoms with Gasteiger partial charge in [-0.1, -0.05) is 47.7 Å². The smallest absolute Gasteiger partial charge is 0.283 e. The summed E-state index contributed by atoms with van der Waals surface area (Å²) >= 11 is 1.23. The van der Waals surface area contributed by atoms with E-state index in [0.29, 0.717) is 35.4 Å². The number of aliphatic imine (C=N–C) groups is 1. The van der Waals surface area contributed by atoms with Gasteiger partial charge in [0, 0.05) is 13.1 Å². The van der Waals surface area contributed by atoms with Gasteiger partial charge in [-0.05, 0) is 42.8 Å². The highest BCUT2D eigenvalue weighted by Gasteiger charge is 2.32. The minimum Gasteiger partial charge on any atom is -0.454 e. The molecular weight excluding hydrogens is 450 g/mol. The first-order valence-corrected chi connectivity index (χ1v) is 11.7. The van der Waals surface area contributed by atoms with Crippen molar-refractivity contribution in [3.63, 3.8) is 0 Å². The van der Waals surface area contributed by atoms with E-state index in [9.17, 15) is 9.59 Å². The van der Waals surface area contributed by atoms with Crippen LogP contribution in [0.2, 0.25) is 0 Å². The molecule has 34 heavy (non-hydrogen) atoms. The molecule has 0 radical (unpaired) electrons. The number of hydrogen-bond donors (Lipinski definition) is 0. The summed E-state index contributed by atoms with van der Waals surface area (Å²) in [6.07, 6.45) is 5.06. The van der Waals surface area contributed by atoms with Crippen LogP contribution in [0.5, 0.6) is 11.5 Å². The van der Waals surface area contributed by atoms with E-state index in [1.807, 2.05) is 43.3 Å². The highest BCUT2D eigenvalue weighted by atomic mass is 32.2. The average Bonchev–Trinajstić information content (AvgIpc) is 3.42. The third kappa shape index (κ3) is 5.07. The number of amides is 2. The summed E-state index contributed by atoms with van der Waals surface area (Å²) in [6.45, 7) is 10.4. The molecule has 4 rings (SSSR count). The zero-order valence-electron chi connectivity index (χ0n) is 18.9. The molecule has 2 aromatic rings. The fraction of sp³-hybridized carbons (Fsp3) is 0.192. The number of hydrogen-bond acceptors (Lipinski definition) is 6. The second kappa shape index (κ2) is 10.4. The molecule has 8 heteroatoms. The number of fused-ring (bicyclic) bond motifs is 1. The number of rotatable bonds is 8. The van der Waals surface area contributed by atoms with Crippen molar-refractivity contribution in [2.45, 2.75) is 6.92 Å². The number of anilines is 1. The van der Waals surface area contributed by atoms with Gasteiger partial charge >= 0.3 is 0 Å². The van der Waals surface area contributed by atoms with Crippen molar-refractivity contribution in [2.24, 2.45) is 4.99 Å². The molecule has 0 bridgehead atoms. The Hall–Kier alpha value is -3.78. The molecule has 0 N–H and O–H groups in total. The Kier molecular flexibility index (Phi) is 7.18. The van der Waals surface area contributed by atoms with Crippen LogP contribution in [0.1, 0.15) is 11.1 Å².